The van der Waals surface area contributed by atoms with E-state index in [4.69, 9.17) is 32.8 Å². The van der Waals surface area contributed by atoms with E-state index < -0.39 is 0 Å². The van der Waals surface area contributed by atoms with Crippen molar-refractivity contribution in [2.45, 2.75) is 25.7 Å². The van der Waals surface area contributed by atoms with Crippen LogP contribution in [0.1, 0.15) is 25.7 Å². The molecule has 2 rings (SSSR count). The van der Waals surface area contributed by atoms with Gasteiger partial charge in [-0.3, -0.25) is 9.63 Å². The Morgan fingerprint density at radius 1 is 1.20 bits per heavy atom. The molecule has 1 aromatic carbocycles. The molecule has 0 spiro atoms. The lowest BCUT2D eigenvalue weighted by atomic mass is 10.1. The first-order chi connectivity index (χ1) is 9.68. The molecule has 4 nitrogen and oxygen atoms in total. The normalized spacial score (nSPS) is 15.3. The largest absolute Gasteiger partial charge is 0.488 e. The van der Waals surface area contributed by atoms with E-state index >= 15 is 0 Å². The van der Waals surface area contributed by atoms with E-state index in [-0.39, 0.29) is 25.0 Å². The van der Waals surface area contributed by atoms with Gasteiger partial charge in [0.1, 0.15) is 13.2 Å². The maximum absolute atomic E-state index is 11.7. The zero-order valence-corrected chi connectivity index (χ0v) is 12.5. The maximum atomic E-state index is 11.7. The molecule has 20 heavy (non-hydrogen) atoms. The van der Waals surface area contributed by atoms with Crippen molar-refractivity contribution in [3.63, 3.8) is 0 Å². The van der Waals surface area contributed by atoms with Gasteiger partial charge >= 0.3 is 0 Å². The van der Waals surface area contributed by atoms with Crippen LogP contribution >= 0.6 is 23.2 Å². The van der Waals surface area contributed by atoms with Crippen LogP contribution in [0.2, 0.25) is 10.0 Å². The molecule has 0 aromatic heterocycles. The molecule has 1 amide bonds. The SMILES string of the molecule is O=C(NOCCOc1c(Cl)cccc1Cl)C1CCCC1. The van der Waals surface area contributed by atoms with Crippen LogP contribution in [0.5, 0.6) is 5.75 Å². The first-order valence-electron chi connectivity index (χ1n) is 6.67. The third-order valence-electron chi connectivity index (χ3n) is 3.25. The minimum atomic E-state index is -0.0433. The Labute approximate surface area is 128 Å². The lowest BCUT2D eigenvalue weighted by Crippen LogP contribution is -2.30. The number of hydrogen-bond acceptors (Lipinski definition) is 3. The van der Waals surface area contributed by atoms with E-state index in [1.807, 2.05) is 0 Å². The van der Waals surface area contributed by atoms with Crippen molar-refractivity contribution in [1.82, 2.24) is 5.48 Å². The summed E-state index contributed by atoms with van der Waals surface area (Å²) in [7, 11) is 0. The molecule has 1 N–H and O–H groups in total. The number of rotatable bonds is 6. The number of halogens is 2. The van der Waals surface area contributed by atoms with Crippen molar-refractivity contribution in [1.29, 1.82) is 0 Å². The summed E-state index contributed by atoms with van der Waals surface area (Å²) in [5.74, 6) is 0.480. The zero-order valence-electron chi connectivity index (χ0n) is 11.0. The second kappa shape index (κ2) is 7.72. The summed E-state index contributed by atoms with van der Waals surface area (Å²) in [5, 5.41) is 0.903. The van der Waals surface area contributed by atoms with E-state index in [0.717, 1.165) is 25.7 Å². The van der Waals surface area contributed by atoms with E-state index in [2.05, 4.69) is 5.48 Å². The topological polar surface area (TPSA) is 47.6 Å². The highest BCUT2D eigenvalue weighted by molar-refractivity contribution is 6.37. The number of ether oxygens (including phenoxy) is 1. The summed E-state index contributed by atoms with van der Waals surface area (Å²) in [4.78, 5) is 16.8. The van der Waals surface area contributed by atoms with Gasteiger partial charge < -0.3 is 4.74 Å². The summed E-state index contributed by atoms with van der Waals surface area (Å²) in [6, 6.07) is 5.15. The van der Waals surface area contributed by atoms with Gasteiger partial charge in [-0.15, -0.1) is 0 Å². The number of hydrogen-bond donors (Lipinski definition) is 1. The van der Waals surface area contributed by atoms with Gasteiger partial charge in [-0.05, 0) is 25.0 Å². The van der Waals surface area contributed by atoms with Gasteiger partial charge in [0, 0.05) is 5.92 Å². The molecule has 1 aromatic rings. The number of amides is 1. The van der Waals surface area contributed by atoms with Crippen molar-refractivity contribution in [3.05, 3.63) is 28.2 Å². The molecular weight excluding hydrogens is 301 g/mol. The number of para-hydroxylation sites is 1. The summed E-state index contributed by atoms with van der Waals surface area (Å²) in [6.45, 7) is 0.494. The molecular formula is C14H17Cl2NO3. The fraction of sp³-hybridized carbons (Fsp3) is 0.500. The highest BCUT2D eigenvalue weighted by Gasteiger charge is 2.22. The molecule has 6 heteroatoms. The second-order valence-corrected chi connectivity index (χ2v) is 5.51. The fourth-order valence-corrected chi connectivity index (χ4v) is 2.71. The van der Waals surface area contributed by atoms with Gasteiger partial charge in [0.25, 0.3) is 0 Å². The van der Waals surface area contributed by atoms with Crippen LogP contribution in [0.4, 0.5) is 0 Å². The minimum absolute atomic E-state index is 0.0433. The molecule has 1 fully saturated rings. The molecule has 0 atom stereocenters. The Morgan fingerprint density at radius 3 is 2.50 bits per heavy atom. The molecule has 0 bridgehead atoms. The predicted molar refractivity (Wildman–Crippen MR) is 78.0 cm³/mol. The Morgan fingerprint density at radius 2 is 1.85 bits per heavy atom. The fourth-order valence-electron chi connectivity index (χ4n) is 2.20. The molecule has 1 saturated carbocycles. The monoisotopic (exact) mass is 317 g/mol. The molecule has 1 aliphatic carbocycles. The van der Waals surface area contributed by atoms with Crippen molar-refractivity contribution in [3.8, 4) is 5.75 Å². The third-order valence-corrected chi connectivity index (χ3v) is 3.84. The van der Waals surface area contributed by atoms with Gasteiger partial charge in [-0.25, -0.2) is 5.48 Å². The van der Waals surface area contributed by atoms with Crippen LogP contribution in [0.15, 0.2) is 18.2 Å². The second-order valence-electron chi connectivity index (χ2n) is 4.70. The molecule has 110 valence electrons. The average molecular weight is 318 g/mol. The van der Waals surface area contributed by atoms with E-state index in [1.54, 1.807) is 18.2 Å². The number of carbonyl (C=O) groups is 1. The molecule has 0 aliphatic heterocycles. The van der Waals surface area contributed by atoms with Crippen molar-refractivity contribution >= 4 is 29.1 Å². The van der Waals surface area contributed by atoms with Crippen LogP contribution < -0.4 is 10.2 Å². The van der Waals surface area contributed by atoms with Crippen molar-refractivity contribution in [2.24, 2.45) is 5.92 Å². The summed E-state index contributed by atoms with van der Waals surface area (Å²) in [6.07, 6.45) is 4.13. The Balaban J connectivity index is 1.65. The first kappa shape index (κ1) is 15.4. The number of carbonyl (C=O) groups excluding carboxylic acids is 1. The van der Waals surface area contributed by atoms with Crippen molar-refractivity contribution < 1.29 is 14.4 Å². The zero-order chi connectivity index (χ0) is 14.4. The molecule has 0 heterocycles. The quantitative estimate of drug-likeness (QED) is 0.644. The summed E-state index contributed by atoms with van der Waals surface area (Å²) in [5.41, 5.74) is 2.46. The van der Waals surface area contributed by atoms with E-state index in [0.29, 0.717) is 15.8 Å². The van der Waals surface area contributed by atoms with E-state index in [1.165, 1.54) is 0 Å². The van der Waals surface area contributed by atoms with Crippen LogP contribution in [-0.2, 0) is 9.63 Å². The van der Waals surface area contributed by atoms with Gasteiger partial charge in [-0.1, -0.05) is 42.1 Å². The van der Waals surface area contributed by atoms with Crippen LogP contribution in [-0.4, -0.2) is 19.1 Å². The van der Waals surface area contributed by atoms with Gasteiger partial charge in [0.05, 0.1) is 10.0 Å². The van der Waals surface area contributed by atoms with Gasteiger partial charge in [0.15, 0.2) is 5.75 Å². The Bertz CT molecular complexity index is 441. The molecule has 0 radical (unpaired) electrons. The molecule has 0 saturated heterocycles. The smallest absolute Gasteiger partial charge is 0.246 e. The number of benzene rings is 1. The average Bonchev–Trinajstić information content (AvgIpc) is 2.95. The summed E-state index contributed by atoms with van der Waals surface area (Å²) >= 11 is 11.9. The molecule has 1 aliphatic rings. The lowest BCUT2D eigenvalue weighted by molar-refractivity contribution is -0.138. The maximum Gasteiger partial charge on any atom is 0.246 e. The highest BCUT2D eigenvalue weighted by atomic mass is 35.5. The lowest BCUT2D eigenvalue weighted by Gasteiger charge is -2.12. The molecule has 0 unspecified atom stereocenters. The number of hydroxylamine groups is 1. The minimum Gasteiger partial charge on any atom is -0.488 e. The van der Waals surface area contributed by atoms with E-state index in [9.17, 15) is 4.79 Å². The standard InChI is InChI=1S/C14H17Cl2NO3/c15-11-6-3-7-12(16)13(11)19-8-9-20-17-14(18)10-4-1-2-5-10/h3,6-7,10H,1-2,4-5,8-9H2,(H,17,18). The van der Waals surface area contributed by atoms with Gasteiger partial charge in [0.2, 0.25) is 5.91 Å². The first-order valence-corrected chi connectivity index (χ1v) is 7.42. The third kappa shape index (κ3) is 4.27. The van der Waals surface area contributed by atoms with Crippen LogP contribution in [0.3, 0.4) is 0 Å². The Kier molecular flexibility index (Phi) is 5.95. The van der Waals surface area contributed by atoms with Gasteiger partial charge in [-0.2, -0.15) is 0 Å². The summed E-state index contributed by atoms with van der Waals surface area (Å²) < 4.78 is 5.43. The highest BCUT2D eigenvalue weighted by Crippen LogP contribution is 2.32. The number of nitrogens with one attached hydrogen (secondary N) is 1. The van der Waals surface area contributed by atoms with Crippen LogP contribution in [0, 0.1) is 5.92 Å². The van der Waals surface area contributed by atoms with Crippen molar-refractivity contribution in [2.75, 3.05) is 13.2 Å². The Hall–Kier alpha value is -0.970. The predicted octanol–water partition coefficient (Wildman–Crippen LogP) is 3.61. The van der Waals surface area contributed by atoms with Crippen LogP contribution in [0.25, 0.3) is 0 Å².